The van der Waals surface area contributed by atoms with Gasteiger partial charge < -0.3 is 29.9 Å². The van der Waals surface area contributed by atoms with Crippen molar-refractivity contribution in [2.75, 3.05) is 13.2 Å². The molecule has 0 spiro atoms. The summed E-state index contributed by atoms with van der Waals surface area (Å²) >= 11 is 0. The Bertz CT molecular complexity index is 843. The van der Waals surface area contributed by atoms with Crippen LogP contribution in [-0.4, -0.2) is 49.8 Å². The standard InChI is InChI=1S/C12H20N3O10P3/c13-3-1-2-7-5-15(12(18)14-11(7)17)10-4-8(16)9(23-10)6-22-27-25-28(20,21)24-26-19/h1-2,5,8-10,16,19,26-27H,3-4,6,13H2,(H,20,21)(H,14,17,18)/b2-1+/t8-,9-,10-/m1/s1. The van der Waals surface area contributed by atoms with Gasteiger partial charge >= 0.3 is 13.5 Å². The molecule has 1 saturated heterocycles. The first-order chi connectivity index (χ1) is 13.3. The molecule has 3 unspecified atom stereocenters. The summed E-state index contributed by atoms with van der Waals surface area (Å²) in [4.78, 5) is 43.6. The van der Waals surface area contributed by atoms with Crippen molar-refractivity contribution in [1.82, 2.24) is 9.55 Å². The minimum Gasteiger partial charge on any atom is -0.390 e. The van der Waals surface area contributed by atoms with Crippen LogP contribution in [0.25, 0.3) is 6.08 Å². The molecule has 0 amide bonds. The molecule has 16 heteroatoms. The molecule has 1 aromatic heterocycles. The third-order valence-corrected chi connectivity index (χ3v) is 6.31. The second-order valence-electron chi connectivity index (χ2n) is 5.46. The molecule has 0 aliphatic carbocycles. The topological polar surface area (TPSA) is 196 Å². The van der Waals surface area contributed by atoms with E-state index in [1.807, 2.05) is 0 Å². The Balaban J connectivity index is 1.98. The Morgan fingerprint density at radius 3 is 2.89 bits per heavy atom. The summed E-state index contributed by atoms with van der Waals surface area (Å²) < 4.78 is 31.5. The van der Waals surface area contributed by atoms with E-state index in [2.05, 4.69) is 13.6 Å². The fourth-order valence-corrected chi connectivity index (χ4v) is 4.04. The van der Waals surface area contributed by atoms with E-state index < -0.39 is 55.6 Å². The van der Waals surface area contributed by atoms with Gasteiger partial charge in [0, 0.05) is 19.2 Å². The molecule has 2 rings (SSSR count). The molecule has 1 aromatic rings. The van der Waals surface area contributed by atoms with Crippen LogP contribution in [0.2, 0.25) is 0 Å². The monoisotopic (exact) mass is 459 g/mol. The second kappa shape index (κ2) is 10.8. The van der Waals surface area contributed by atoms with Crippen LogP contribution in [0.15, 0.2) is 21.9 Å². The zero-order valence-corrected chi connectivity index (χ0v) is 17.2. The van der Waals surface area contributed by atoms with Gasteiger partial charge in [-0.1, -0.05) is 12.2 Å². The number of aliphatic hydroxyl groups is 1. The molecule has 28 heavy (non-hydrogen) atoms. The lowest BCUT2D eigenvalue weighted by molar-refractivity contribution is -0.0398. The third-order valence-electron chi connectivity index (χ3n) is 3.56. The number of aromatic nitrogens is 2. The molecule has 158 valence electrons. The number of nitrogens with two attached hydrogens (primary N) is 1. The van der Waals surface area contributed by atoms with Crippen LogP contribution in [0.4, 0.5) is 0 Å². The van der Waals surface area contributed by atoms with E-state index in [1.165, 1.54) is 12.3 Å². The van der Waals surface area contributed by atoms with Crippen molar-refractivity contribution in [2.45, 2.75) is 24.9 Å². The van der Waals surface area contributed by atoms with E-state index in [-0.39, 0.29) is 25.1 Å². The van der Waals surface area contributed by atoms with Crippen LogP contribution >= 0.6 is 25.9 Å². The molecular weight excluding hydrogens is 439 g/mol. The maximum absolute atomic E-state index is 12.1. The lowest BCUT2D eigenvalue weighted by atomic mass is 10.2. The summed E-state index contributed by atoms with van der Waals surface area (Å²) in [6, 6.07) is 0. The molecule has 6 N–H and O–H groups in total. The van der Waals surface area contributed by atoms with Gasteiger partial charge in [-0.05, 0) is 0 Å². The predicted octanol–water partition coefficient (Wildman–Crippen LogP) is -0.684. The van der Waals surface area contributed by atoms with Crippen LogP contribution in [0.3, 0.4) is 0 Å². The Morgan fingerprint density at radius 2 is 2.21 bits per heavy atom. The van der Waals surface area contributed by atoms with E-state index in [4.69, 9.17) is 24.8 Å². The van der Waals surface area contributed by atoms with Crippen LogP contribution < -0.4 is 17.0 Å². The highest BCUT2D eigenvalue weighted by atomic mass is 31.3. The number of nitrogens with one attached hydrogen (secondary N) is 1. The van der Waals surface area contributed by atoms with E-state index >= 15 is 0 Å². The van der Waals surface area contributed by atoms with Crippen molar-refractivity contribution in [1.29, 1.82) is 0 Å². The summed E-state index contributed by atoms with van der Waals surface area (Å²) in [7, 11) is -6.54. The number of rotatable bonds is 10. The summed E-state index contributed by atoms with van der Waals surface area (Å²) in [5.74, 6) is 0. The van der Waals surface area contributed by atoms with E-state index in [0.29, 0.717) is 0 Å². The van der Waals surface area contributed by atoms with Gasteiger partial charge in [0.1, 0.15) is 12.3 Å². The van der Waals surface area contributed by atoms with Crippen molar-refractivity contribution in [3.8, 4) is 0 Å². The lowest BCUT2D eigenvalue weighted by Gasteiger charge is -2.16. The number of ether oxygens (including phenoxy) is 1. The lowest BCUT2D eigenvalue weighted by Crippen LogP contribution is -2.33. The van der Waals surface area contributed by atoms with Gasteiger partial charge in [-0.3, -0.25) is 14.3 Å². The molecule has 1 fully saturated rings. The fraction of sp³-hybridized carbons (Fsp3) is 0.500. The van der Waals surface area contributed by atoms with E-state index in [9.17, 15) is 19.3 Å². The van der Waals surface area contributed by atoms with Gasteiger partial charge in [-0.15, -0.1) is 0 Å². The highest BCUT2D eigenvalue weighted by molar-refractivity contribution is 7.58. The highest BCUT2D eigenvalue weighted by Gasteiger charge is 2.36. The maximum Gasteiger partial charge on any atom is 0.482 e. The van der Waals surface area contributed by atoms with Gasteiger partial charge in [0.2, 0.25) is 0 Å². The van der Waals surface area contributed by atoms with Gasteiger partial charge in [0.15, 0.2) is 18.1 Å². The summed E-state index contributed by atoms with van der Waals surface area (Å²) in [5.41, 5.74) is 4.26. The number of phosphoric acid groups is 1. The largest absolute Gasteiger partial charge is 0.482 e. The average molecular weight is 459 g/mol. The minimum absolute atomic E-state index is 0.0528. The first-order valence-electron chi connectivity index (χ1n) is 7.79. The number of H-pyrrole nitrogens is 1. The smallest absolute Gasteiger partial charge is 0.390 e. The third kappa shape index (κ3) is 6.62. The van der Waals surface area contributed by atoms with Crippen molar-refractivity contribution < 1.29 is 37.3 Å². The Labute approximate surface area is 162 Å². The molecule has 6 atom stereocenters. The number of hydrogen-bond donors (Lipinski definition) is 5. The molecule has 0 saturated carbocycles. The second-order valence-corrected chi connectivity index (χ2v) is 8.49. The van der Waals surface area contributed by atoms with Gasteiger partial charge in [0.25, 0.3) is 5.56 Å². The summed E-state index contributed by atoms with van der Waals surface area (Å²) in [6.07, 6.45) is 1.66. The SMILES string of the molecule is NC/C=C/c1cn([C@H]2C[C@@H](O)[C@@H](COPOP(=O)(O)OPO)O2)c(=O)[nH]c1=O. The van der Waals surface area contributed by atoms with Crippen LogP contribution in [0.1, 0.15) is 18.2 Å². The van der Waals surface area contributed by atoms with Crippen molar-refractivity contribution in [2.24, 2.45) is 5.73 Å². The Kier molecular flexibility index (Phi) is 9.07. The molecular formula is C12H20N3O10P3. The Morgan fingerprint density at radius 1 is 1.46 bits per heavy atom. The molecule has 13 nitrogen and oxygen atoms in total. The number of hydrogen-bond acceptors (Lipinski definition) is 10. The van der Waals surface area contributed by atoms with Gasteiger partial charge in [-0.25, -0.2) is 18.0 Å². The normalized spacial score (nSPS) is 25.5. The number of nitrogens with zero attached hydrogens (tertiary/aromatic N) is 1. The highest BCUT2D eigenvalue weighted by Crippen LogP contribution is 2.53. The van der Waals surface area contributed by atoms with Crippen LogP contribution in [0.5, 0.6) is 0 Å². The summed E-state index contributed by atoms with van der Waals surface area (Å²) in [6.45, 7) is 0.0135. The average Bonchev–Trinajstić information content (AvgIpc) is 2.98. The molecule has 2 heterocycles. The van der Waals surface area contributed by atoms with Gasteiger partial charge in [-0.2, -0.15) is 0 Å². The number of aliphatic hydroxyl groups excluding tert-OH is 1. The quantitative estimate of drug-likeness (QED) is 0.220. The maximum atomic E-state index is 12.1. The predicted molar refractivity (Wildman–Crippen MR) is 101 cm³/mol. The number of aromatic amines is 1. The van der Waals surface area contributed by atoms with Crippen LogP contribution in [0, 0.1) is 0 Å². The molecule has 1 aliphatic rings. The van der Waals surface area contributed by atoms with Gasteiger partial charge in [0.05, 0.1) is 18.3 Å². The zero-order chi connectivity index (χ0) is 20.7. The molecule has 0 aromatic carbocycles. The fourth-order valence-electron chi connectivity index (χ4n) is 2.32. The van der Waals surface area contributed by atoms with Crippen molar-refractivity contribution in [3.05, 3.63) is 38.7 Å². The first kappa shape index (κ1) is 23.5. The summed E-state index contributed by atoms with van der Waals surface area (Å²) in [5, 5.41) is 10.1. The molecule has 0 radical (unpaired) electrons. The van der Waals surface area contributed by atoms with E-state index in [0.717, 1.165) is 4.57 Å². The van der Waals surface area contributed by atoms with Crippen molar-refractivity contribution >= 4 is 32.0 Å². The minimum atomic E-state index is -4.40. The van der Waals surface area contributed by atoms with Crippen molar-refractivity contribution in [3.63, 3.8) is 0 Å². The first-order valence-corrected chi connectivity index (χ1v) is 11.0. The Hall–Kier alpha value is -0.810. The molecule has 0 bridgehead atoms. The van der Waals surface area contributed by atoms with Crippen LogP contribution in [-0.2, 0) is 22.4 Å². The molecule has 1 aliphatic heterocycles. The van der Waals surface area contributed by atoms with E-state index in [1.54, 1.807) is 6.08 Å². The zero-order valence-electron chi connectivity index (χ0n) is 14.3.